The van der Waals surface area contributed by atoms with E-state index in [0.717, 1.165) is 4.31 Å². The number of rotatable bonds is 8. The summed E-state index contributed by atoms with van der Waals surface area (Å²) >= 11 is 5.84. The molecule has 0 saturated carbocycles. The van der Waals surface area contributed by atoms with Crippen LogP contribution < -0.4 is 9.03 Å². The maximum atomic E-state index is 13.1. The molecule has 2 aromatic carbocycles. The molecule has 164 valence electrons. The third-order valence-electron chi connectivity index (χ3n) is 4.55. The molecule has 0 atom stereocenters. The fourth-order valence-electron chi connectivity index (χ4n) is 3.31. The minimum absolute atomic E-state index is 0.0118. The summed E-state index contributed by atoms with van der Waals surface area (Å²) in [4.78, 5) is 10.6. The van der Waals surface area contributed by atoms with Crippen molar-refractivity contribution >= 4 is 43.3 Å². The van der Waals surface area contributed by atoms with Crippen molar-refractivity contribution in [3.8, 4) is 0 Å². The summed E-state index contributed by atoms with van der Waals surface area (Å²) in [6.07, 6.45) is -0.374. The first-order valence-electron chi connectivity index (χ1n) is 8.85. The summed E-state index contributed by atoms with van der Waals surface area (Å²) in [6.45, 7) is 4.54. The summed E-state index contributed by atoms with van der Waals surface area (Å²) < 4.78 is 55.1. The highest BCUT2D eigenvalue weighted by Crippen LogP contribution is 2.35. The van der Waals surface area contributed by atoms with Crippen molar-refractivity contribution in [1.29, 1.82) is 0 Å². The van der Waals surface area contributed by atoms with Crippen LogP contribution in [0.2, 0.25) is 5.02 Å². The maximum absolute atomic E-state index is 13.1. The monoisotopic (exact) mass is 474 g/mol. The van der Waals surface area contributed by atoms with Crippen molar-refractivity contribution in [3.63, 3.8) is 0 Å². The maximum Gasteiger partial charge on any atom is 0.304 e. The van der Waals surface area contributed by atoms with Crippen molar-refractivity contribution in [2.45, 2.75) is 37.0 Å². The molecule has 0 unspecified atom stereocenters. The Morgan fingerprint density at radius 2 is 1.63 bits per heavy atom. The smallest absolute Gasteiger partial charge is 0.304 e. The quantitative estimate of drug-likeness (QED) is 0.606. The number of aliphatic carboxylic acids is 1. The van der Waals surface area contributed by atoms with Crippen molar-refractivity contribution in [2.75, 3.05) is 17.9 Å². The molecule has 30 heavy (non-hydrogen) atoms. The molecular formula is C19H23ClN2O6S2. The first kappa shape index (κ1) is 24.1. The topological polar surface area (TPSA) is 121 Å². The van der Waals surface area contributed by atoms with Crippen LogP contribution in [0.3, 0.4) is 0 Å². The Balaban J connectivity index is 2.58. The number of sulfonamides is 2. The van der Waals surface area contributed by atoms with E-state index in [1.54, 1.807) is 19.9 Å². The molecule has 0 spiro atoms. The molecule has 0 amide bonds. The molecule has 0 aliphatic carbocycles. The lowest BCUT2D eigenvalue weighted by Gasteiger charge is -2.26. The first-order valence-corrected chi connectivity index (χ1v) is 12.2. The fraction of sp³-hybridized carbons (Fsp3) is 0.316. The van der Waals surface area contributed by atoms with E-state index >= 15 is 0 Å². The number of carbonyl (C=O) groups is 1. The average molecular weight is 475 g/mol. The molecular weight excluding hydrogens is 452 g/mol. The molecule has 0 radical (unpaired) electrons. The van der Waals surface area contributed by atoms with Crippen LogP contribution in [0.4, 0.5) is 5.69 Å². The van der Waals surface area contributed by atoms with Crippen LogP contribution >= 0.6 is 11.6 Å². The van der Waals surface area contributed by atoms with E-state index in [0.29, 0.717) is 16.1 Å². The van der Waals surface area contributed by atoms with Crippen molar-refractivity contribution < 1.29 is 26.7 Å². The molecule has 0 fully saturated rings. The van der Waals surface area contributed by atoms with Crippen LogP contribution in [0.1, 0.15) is 23.1 Å². The van der Waals surface area contributed by atoms with Crippen LogP contribution in [-0.4, -0.2) is 41.5 Å². The van der Waals surface area contributed by atoms with Gasteiger partial charge in [-0.1, -0.05) is 17.7 Å². The number of halogens is 1. The number of carboxylic acids is 1. The molecule has 0 aromatic heterocycles. The summed E-state index contributed by atoms with van der Waals surface area (Å²) in [5, 5.41) is 9.13. The first-order chi connectivity index (χ1) is 13.8. The number of hydrogen-bond donors (Lipinski definition) is 2. The van der Waals surface area contributed by atoms with Crippen LogP contribution in [0.15, 0.2) is 40.1 Å². The van der Waals surface area contributed by atoms with E-state index < -0.39 is 26.0 Å². The zero-order chi connectivity index (χ0) is 22.9. The van der Waals surface area contributed by atoms with Gasteiger partial charge in [-0.3, -0.25) is 9.10 Å². The van der Waals surface area contributed by atoms with Gasteiger partial charge >= 0.3 is 5.97 Å². The Morgan fingerprint density at radius 1 is 1.07 bits per heavy atom. The molecule has 0 aliphatic heterocycles. The number of aryl methyl sites for hydroxylation is 2. The summed E-state index contributed by atoms with van der Waals surface area (Å²) in [5.74, 6) is -1.13. The van der Waals surface area contributed by atoms with Crippen LogP contribution in [0.5, 0.6) is 0 Å². The summed E-state index contributed by atoms with van der Waals surface area (Å²) in [7, 11) is -6.68. The van der Waals surface area contributed by atoms with E-state index in [1.165, 1.54) is 38.2 Å². The second-order valence-electron chi connectivity index (χ2n) is 6.78. The van der Waals surface area contributed by atoms with E-state index in [4.69, 9.17) is 16.7 Å². The molecule has 0 bridgehead atoms. The Hall–Kier alpha value is -2.14. The van der Waals surface area contributed by atoms with E-state index in [1.807, 2.05) is 0 Å². The number of benzene rings is 2. The predicted molar refractivity (Wildman–Crippen MR) is 115 cm³/mol. The molecule has 2 rings (SSSR count). The van der Waals surface area contributed by atoms with Gasteiger partial charge in [-0.05, 0) is 61.7 Å². The second kappa shape index (κ2) is 8.93. The minimum atomic E-state index is -4.06. The molecule has 0 heterocycles. The lowest BCUT2D eigenvalue weighted by atomic mass is 10.1. The number of nitrogens with one attached hydrogen (secondary N) is 1. The van der Waals surface area contributed by atoms with Crippen molar-refractivity contribution in [2.24, 2.45) is 0 Å². The highest BCUT2D eigenvalue weighted by atomic mass is 35.5. The van der Waals surface area contributed by atoms with Gasteiger partial charge in [0.05, 0.1) is 21.9 Å². The fourth-order valence-corrected chi connectivity index (χ4v) is 6.25. The zero-order valence-corrected chi connectivity index (χ0v) is 19.3. The molecule has 2 aromatic rings. The van der Waals surface area contributed by atoms with Gasteiger partial charge in [-0.2, -0.15) is 0 Å². The van der Waals surface area contributed by atoms with Gasteiger partial charge in [0.25, 0.3) is 10.0 Å². The summed E-state index contributed by atoms with van der Waals surface area (Å²) in [5.41, 5.74) is 1.48. The van der Waals surface area contributed by atoms with Gasteiger partial charge in [0.1, 0.15) is 0 Å². The molecule has 11 heteroatoms. The lowest BCUT2D eigenvalue weighted by Crippen LogP contribution is -2.31. The van der Waals surface area contributed by atoms with Crippen molar-refractivity contribution in [1.82, 2.24) is 4.72 Å². The number of carboxylic acid groups (broad SMARTS) is 1. The molecule has 0 saturated heterocycles. The van der Waals surface area contributed by atoms with Gasteiger partial charge in [0, 0.05) is 18.6 Å². The van der Waals surface area contributed by atoms with Crippen LogP contribution in [0, 0.1) is 20.8 Å². The van der Waals surface area contributed by atoms with Gasteiger partial charge in [0.2, 0.25) is 10.0 Å². The van der Waals surface area contributed by atoms with Crippen LogP contribution in [-0.2, 0) is 24.8 Å². The molecule has 2 N–H and O–H groups in total. The zero-order valence-electron chi connectivity index (χ0n) is 16.9. The lowest BCUT2D eigenvalue weighted by molar-refractivity contribution is -0.136. The molecule has 0 aliphatic rings. The number of nitrogens with zero attached hydrogens (tertiary/aromatic N) is 1. The summed E-state index contributed by atoms with van der Waals surface area (Å²) in [6, 6.07) is 7.25. The van der Waals surface area contributed by atoms with Gasteiger partial charge < -0.3 is 5.11 Å². The highest BCUT2D eigenvalue weighted by Gasteiger charge is 2.29. The van der Waals surface area contributed by atoms with E-state index in [9.17, 15) is 21.6 Å². The van der Waals surface area contributed by atoms with E-state index in [2.05, 4.69) is 4.72 Å². The van der Waals surface area contributed by atoms with Gasteiger partial charge in [0.15, 0.2) is 0 Å². The molecule has 8 nitrogen and oxygen atoms in total. The van der Waals surface area contributed by atoms with Crippen LogP contribution in [0.25, 0.3) is 0 Å². The number of anilines is 1. The SMILES string of the molecule is Cc1cc(C)c(S(=O)(=O)NCCC(=O)O)c(C)c1N(C)S(=O)(=O)c1ccc(Cl)cc1. The largest absolute Gasteiger partial charge is 0.481 e. The Morgan fingerprint density at radius 3 is 2.17 bits per heavy atom. The number of hydrogen-bond acceptors (Lipinski definition) is 5. The van der Waals surface area contributed by atoms with E-state index in [-0.39, 0.29) is 34.0 Å². The third kappa shape index (κ3) is 4.94. The van der Waals surface area contributed by atoms with Gasteiger partial charge in [-0.25, -0.2) is 21.6 Å². The average Bonchev–Trinajstić information content (AvgIpc) is 2.60. The Bertz CT molecular complexity index is 1180. The third-order valence-corrected chi connectivity index (χ3v) is 8.32. The predicted octanol–water partition coefficient (Wildman–Crippen LogP) is 2.84. The van der Waals surface area contributed by atoms with Gasteiger partial charge in [-0.15, -0.1) is 0 Å². The normalized spacial score (nSPS) is 12.0. The second-order valence-corrected chi connectivity index (χ2v) is 10.9. The Kier molecular flexibility index (Phi) is 7.18. The minimum Gasteiger partial charge on any atom is -0.481 e. The van der Waals surface area contributed by atoms with Crippen molar-refractivity contribution in [3.05, 3.63) is 52.0 Å². The highest BCUT2D eigenvalue weighted by molar-refractivity contribution is 7.92. The standard InChI is InChI=1S/C19H23ClN2O6S2/c1-12-11-13(2)19(29(25,26)21-10-9-17(23)24)14(3)18(12)22(4)30(27,28)16-7-5-15(20)6-8-16/h5-8,11,21H,9-10H2,1-4H3,(H,23,24). The Labute approximate surface area is 181 Å².